The van der Waals surface area contributed by atoms with Crippen molar-refractivity contribution in [1.82, 2.24) is 4.31 Å². The number of ether oxygens (including phenoxy) is 1. The Labute approximate surface area is 180 Å². The van der Waals surface area contributed by atoms with Crippen LogP contribution in [0.25, 0.3) is 0 Å². The molecular formula is C20H23ClN4O4S. The van der Waals surface area contributed by atoms with Gasteiger partial charge in [-0.1, -0.05) is 17.7 Å². The van der Waals surface area contributed by atoms with Gasteiger partial charge < -0.3 is 15.4 Å². The molecule has 10 heteroatoms. The van der Waals surface area contributed by atoms with Gasteiger partial charge >= 0.3 is 5.97 Å². The molecule has 1 unspecified atom stereocenters. The van der Waals surface area contributed by atoms with Crippen LogP contribution in [0.5, 0.6) is 0 Å². The summed E-state index contributed by atoms with van der Waals surface area (Å²) in [6, 6.07) is 11.5. The van der Waals surface area contributed by atoms with Crippen LogP contribution in [-0.4, -0.2) is 50.4 Å². The van der Waals surface area contributed by atoms with E-state index in [2.05, 4.69) is 0 Å². The van der Waals surface area contributed by atoms with Gasteiger partial charge in [-0.15, -0.1) is 0 Å². The molecule has 1 saturated heterocycles. The molecule has 0 bridgehead atoms. The number of anilines is 1. The van der Waals surface area contributed by atoms with Gasteiger partial charge in [0, 0.05) is 36.3 Å². The van der Waals surface area contributed by atoms with Crippen LogP contribution < -0.4 is 10.6 Å². The summed E-state index contributed by atoms with van der Waals surface area (Å²) in [6.07, 6.45) is -0.796. The summed E-state index contributed by atoms with van der Waals surface area (Å²) in [7, 11) is -3.81. The molecular weight excluding hydrogens is 428 g/mol. The van der Waals surface area contributed by atoms with E-state index in [1.165, 1.54) is 23.4 Å². The monoisotopic (exact) mass is 450 g/mol. The van der Waals surface area contributed by atoms with E-state index in [4.69, 9.17) is 27.5 Å². The highest BCUT2D eigenvalue weighted by molar-refractivity contribution is 7.89. The first kappa shape index (κ1) is 22.1. The smallest absolute Gasteiger partial charge is 0.304 e. The molecule has 0 aliphatic carbocycles. The van der Waals surface area contributed by atoms with Crippen molar-refractivity contribution in [1.29, 1.82) is 5.41 Å². The maximum atomic E-state index is 13.1. The van der Waals surface area contributed by atoms with Gasteiger partial charge in [0.25, 0.3) is 0 Å². The minimum Gasteiger partial charge on any atom is -0.440 e. The molecule has 2 aromatic carbocycles. The molecule has 0 saturated carbocycles. The highest BCUT2D eigenvalue weighted by Gasteiger charge is 2.36. The van der Waals surface area contributed by atoms with Crippen LogP contribution in [0.2, 0.25) is 5.02 Å². The minimum atomic E-state index is -3.81. The number of carbonyl (C=O) groups excluding carboxylic acids is 1. The average Bonchev–Trinajstić information content (AvgIpc) is 2.69. The zero-order valence-corrected chi connectivity index (χ0v) is 18.2. The Morgan fingerprint density at radius 3 is 2.43 bits per heavy atom. The van der Waals surface area contributed by atoms with E-state index in [1.807, 2.05) is 4.90 Å². The predicted octanol–water partition coefficient (Wildman–Crippen LogP) is 2.33. The van der Waals surface area contributed by atoms with E-state index in [0.717, 1.165) is 11.3 Å². The molecule has 1 aliphatic rings. The number of nitrogens with two attached hydrogens (primary N) is 1. The van der Waals surface area contributed by atoms with E-state index >= 15 is 0 Å². The van der Waals surface area contributed by atoms with Gasteiger partial charge in [0.2, 0.25) is 10.0 Å². The van der Waals surface area contributed by atoms with Gasteiger partial charge in [-0.2, -0.15) is 4.31 Å². The largest absolute Gasteiger partial charge is 0.440 e. The van der Waals surface area contributed by atoms with E-state index in [0.29, 0.717) is 17.1 Å². The number of hydrogen-bond acceptors (Lipinski definition) is 6. The molecule has 8 nitrogen and oxygen atoms in total. The molecule has 3 N–H and O–H groups in total. The van der Waals surface area contributed by atoms with E-state index in [9.17, 15) is 13.2 Å². The number of benzene rings is 2. The van der Waals surface area contributed by atoms with Gasteiger partial charge in [-0.25, -0.2) is 8.42 Å². The Morgan fingerprint density at radius 2 is 1.87 bits per heavy atom. The molecule has 1 fully saturated rings. The molecule has 2 aromatic rings. The number of piperazine rings is 1. The molecule has 1 heterocycles. The summed E-state index contributed by atoms with van der Waals surface area (Å²) in [4.78, 5) is 13.6. The van der Waals surface area contributed by atoms with Crippen molar-refractivity contribution >= 4 is 39.1 Å². The van der Waals surface area contributed by atoms with Crippen molar-refractivity contribution in [2.24, 2.45) is 5.73 Å². The van der Waals surface area contributed by atoms with Crippen LogP contribution in [0.3, 0.4) is 0 Å². The molecule has 3 rings (SSSR count). The summed E-state index contributed by atoms with van der Waals surface area (Å²) >= 11 is 6.11. The Bertz CT molecular complexity index is 1070. The third-order valence-electron chi connectivity index (χ3n) is 4.89. The third-order valence-corrected chi connectivity index (χ3v) is 7.16. The molecule has 30 heavy (non-hydrogen) atoms. The standard InChI is InChI=1S/C20H23ClN4O4S/c1-13-3-8-17(11-18(13)21)30(27,28)24-9-10-25(19(12-24)29-14(2)26)16-6-4-15(5-7-16)20(22)23/h3-8,11,19H,9-10,12H2,1-2H3,(H3,22,23). The average molecular weight is 451 g/mol. The topological polar surface area (TPSA) is 117 Å². The second-order valence-corrected chi connectivity index (χ2v) is 9.34. The third kappa shape index (κ3) is 4.58. The highest BCUT2D eigenvalue weighted by Crippen LogP contribution is 2.27. The first-order chi connectivity index (χ1) is 14.1. The fourth-order valence-corrected chi connectivity index (χ4v) is 4.94. The van der Waals surface area contributed by atoms with Gasteiger partial charge in [-0.3, -0.25) is 10.2 Å². The van der Waals surface area contributed by atoms with Crippen LogP contribution in [-0.2, 0) is 19.6 Å². The number of nitrogens with zero attached hydrogens (tertiary/aromatic N) is 2. The molecule has 1 aliphatic heterocycles. The summed E-state index contributed by atoms with van der Waals surface area (Å²) in [5, 5.41) is 7.87. The fourth-order valence-electron chi connectivity index (χ4n) is 3.25. The van der Waals surface area contributed by atoms with Crippen LogP contribution in [0.1, 0.15) is 18.1 Å². The highest BCUT2D eigenvalue weighted by atomic mass is 35.5. The number of sulfonamides is 1. The molecule has 0 amide bonds. The number of aryl methyl sites for hydroxylation is 1. The number of carbonyl (C=O) groups is 1. The van der Waals surface area contributed by atoms with Crippen molar-refractivity contribution in [2.45, 2.75) is 25.0 Å². The number of rotatable bonds is 5. The Kier molecular flexibility index (Phi) is 6.35. The number of amidine groups is 1. The Hall–Kier alpha value is -2.62. The van der Waals surface area contributed by atoms with Crippen LogP contribution in [0.4, 0.5) is 5.69 Å². The van der Waals surface area contributed by atoms with Gasteiger partial charge in [0.15, 0.2) is 6.23 Å². The number of hydrogen-bond donors (Lipinski definition) is 2. The van der Waals surface area contributed by atoms with Crippen LogP contribution in [0.15, 0.2) is 47.4 Å². The van der Waals surface area contributed by atoms with E-state index in [-0.39, 0.29) is 23.8 Å². The van der Waals surface area contributed by atoms with Crippen LogP contribution in [0, 0.1) is 12.3 Å². The SMILES string of the molecule is CC(=O)OC1CN(S(=O)(=O)c2ccc(C)c(Cl)c2)CCN1c1ccc(C(=N)N)cc1. The predicted molar refractivity (Wildman–Crippen MR) is 115 cm³/mol. The normalized spacial score (nSPS) is 17.6. The Balaban J connectivity index is 1.87. The molecule has 0 radical (unpaired) electrons. The fraction of sp³-hybridized carbons (Fsp3) is 0.300. The lowest BCUT2D eigenvalue weighted by Crippen LogP contribution is -2.56. The molecule has 160 valence electrons. The lowest BCUT2D eigenvalue weighted by molar-refractivity contribution is -0.147. The molecule has 1 atom stereocenters. The zero-order chi connectivity index (χ0) is 22.1. The van der Waals surface area contributed by atoms with Crippen molar-refractivity contribution in [3.8, 4) is 0 Å². The first-order valence-electron chi connectivity index (χ1n) is 9.24. The summed E-state index contributed by atoms with van der Waals surface area (Å²) in [5.41, 5.74) is 7.59. The lowest BCUT2D eigenvalue weighted by Gasteiger charge is -2.41. The van der Waals surface area contributed by atoms with E-state index < -0.39 is 22.2 Å². The molecule has 0 spiro atoms. The minimum absolute atomic E-state index is 0.0259. The summed E-state index contributed by atoms with van der Waals surface area (Å²) in [6.45, 7) is 3.58. The van der Waals surface area contributed by atoms with Crippen molar-refractivity contribution in [2.75, 3.05) is 24.5 Å². The second-order valence-electron chi connectivity index (χ2n) is 6.99. The molecule has 0 aromatic heterocycles. The number of nitrogens with one attached hydrogen (secondary N) is 1. The number of halogens is 1. The number of esters is 1. The summed E-state index contributed by atoms with van der Waals surface area (Å²) in [5.74, 6) is -0.561. The second kappa shape index (κ2) is 8.63. The summed E-state index contributed by atoms with van der Waals surface area (Å²) < 4.78 is 33.0. The Morgan fingerprint density at radius 1 is 1.20 bits per heavy atom. The first-order valence-corrected chi connectivity index (χ1v) is 11.1. The van der Waals surface area contributed by atoms with Crippen LogP contribution >= 0.6 is 11.6 Å². The van der Waals surface area contributed by atoms with E-state index in [1.54, 1.807) is 37.3 Å². The number of nitrogen functional groups attached to an aromatic ring is 1. The van der Waals surface area contributed by atoms with Crippen molar-refractivity contribution in [3.63, 3.8) is 0 Å². The van der Waals surface area contributed by atoms with Gasteiger partial charge in [0.1, 0.15) is 5.84 Å². The quantitative estimate of drug-likeness (QED) is 0.410. The van der Waals surface area contributed by atoms with Gasteiger partial charge in [0.05, 0.1) is 11.4 Å². The maximum absolute atomic E-state index is 13.1. The van der Waals surface area contributed by atoms with Crippen molar-refractivity contribution in [3.05, 3.63) is 58.6 Å². The zero-order valence-electron chi connectivity index (χ0n) is 16.6. The van der Waals surface area contributed by atoms with Crippen molar-refractivity contribution < 1.29 is 17.9 Å². The lowest BCUT2D eigenvalue weighted by atomic mass is 10.1. The maximum Gasteiger partial charge on any atom is 0.304 e. The van der Waals surface area contributed by atoms with Gasteiger partial charge in [-0.05, 0) is 48.9 Å².